The molecule has 0 aliphatic rings. The predicted molar refractivity (Wildman–Crippen MR) is 118 cm³/mol. The lowest BCUT2D eigenvalue weighted by molar-refractivity contribution is -0.137. The van der Waals surface area contributed by atoms with Crippen molar-refractivity contribution in [2.45, 2.75) is 25.7 Å². The van der Waals surface area contributed by atoms with Crippen molar-refractivity contribution >= 4 is 17.5 Å². The van der Waals surface area contributed by atoms with Gasteiger partial charge in [-0.2, -0.15) is 13.2 Å². The molecule has 0 aliphatic heterocycles. The van der Waals surface area contributed by atoms with Gasteiger partial charge in [0, 0.05) is 38.7 Å². The Morgan fingerprint density at radius 2 is 1.88 bits per heavy atom. The maximum absolute atomic E-state index is 13.2. The van der Waals surface area contributed by atoms with Crippen LogP contribution in [0.25, 0.3) is 0 Å². The van der Waals surface area contributed by atoms with E-state index in [1.54, 1.807) is 48.5 Å². The highest BCUT2D eigenvalue weighted by Gasteiger charge is 2.30. The van der Waals surface area contributed by atoms with Crippen LogP contribution in [0, 0.1) is 0 Å². The monoisotopic (exact) mass is 464 g/mol. The number of ether oxygens (including phenoxy) is 1. The van der Waals surface area contributed by atoms with E-state index < -0.39 is 11.7 Å². The zero-order valence-electron chi connectivity index (χ0n) is 17.6. The smallest absolute Gasteiger partial charge is 0.385 e. The van der Waals surface area contributed by atoms with E-state index in [-0.39, 0.29) is 12.5 Å². The summed E-state index contributed by atoms with van der Waals surface area (Å²) in [5.41, 5.74) is 1.06. The molecule has 1 amide bonds. The predicted octanol–water partition coefficient (Wildman–Crippen LogP) is 5.89. The Kier molecular flexibility index (Phi) is 7.99. The van der Waals surface area contributed by atoms with Gasteiger partial charge in [-0.15, -0.1) is 0 Å². The fraction of sp³-hybridized carbons (Fsp3) is 0.292. The average Bonchev–Trinajstić information content (AvgIpc) is 3.19. The minimum Gasteiger partial charge on any atom is -0.385 e. The maximum atomic E-state index is 13.2. The Bertz CT molecular complexity index is 1050. The van der Waals surface area contributed by atoms with Crippen molar-refractivity contribution in [2.24, 2.45) is 0 Å². The zero-order valence-corrected chi connectivity index (χ0v) is 18.4. The van der Waals surface area contributed by atoms with E-state index in [0.29, 0.717) is 42.3 Å². The summed E-state index contributed by atoms with van der Waals surface area (Å²) in [5, 5.41) is 0.369. The lowest BCUT2D eigenvalue weighted by Crippen LogP contribution is -2.33. The highest BCUT2D eigenvalue weighted by molar-refractivity contribution is 6.33. The van der Waals surface area contributed by atoms with Gasteiger partial charge in [0.25, 0.3) is 5.91 Å². The first kappa shape index (κ1) is 23.9. The first-order valence-corrected chi connectivity index (χ1v) is 10.5. The molecule has 3 rings (SSSR count). The number of hydrogen-bond acceptors (Lipinski definition) is 2. The van der Waals surface area contributed by atoms with Crippen molar-refractivity contribution in [3.05, 3.63) is 94.3 Å². The molecular weight excluding hydrogens is 441 g/mol. The van der Waals surface area contributed by atoms with E-state index in [9.17, 15) is 18.0 Å². The first-order chi connectivity index (χ1) is 15.3. The molecule has 0 N–H and O–H groups in total. The van der Waals surface area contributed by atoms with E-state index in [4.69, 9.17) is 16.3 Å². The van der Waals surface area contributed by atoms with Gasteiger partial charge in [0.2, 0.25) is 0 Å². The van der Waals surface area contributed by atoms with Crippen LogP contribution in [-0.4, -0.2) is 35.6 Å². The van der Waals surface area contributed by atoms with Crippen LogP contribution in [0.15, 0.2) is 66.9 Å². The Hall–Kier alpha value is -2.77. The molecule has 0 aliphatic carbocycles. The van der Waals surface area contributed by atoms with Gasteiger partial charge in [0.15, 0.2) is 0 Å². The molecule has 1 heterocycles. The van der Waals surface area contributed by atoms with Crippen LogP contribution in [0.5, 0.6) is 0 Å². The van der Waals surface area contributed by atoms with Gasteiger partial charge in [0.1, 0.15) is 0 Å². The topological polar surface area (TPSA) is 34.5 Å². The molecule has 170 valence electrons. The van der Waals surface area contributed by atoms with Crippen LogP contribution in [0.4, 0.5) is 13.2 Å². The van der Waals surface area contributed by atoms with Gasteiger partial charge < -0.3 is 14.2 Å². The zero-order chi connectivity index (χ0) is 23.1. The molecule has 8 heteroatoms. The van der Waals surface area contributed by atoms with E-state index >= 15 is 0 Å². The quantitative estimate of drug-likeness (QED) is 0.370. The van der Waals surface area contributed by atoms with Crippen LogP contribution in [0.1, 0.15) is 33.6 Å². The summed E-state index contributed by atoms with van der Waals surface area (Å²) in [6, 6.07) is 15.8. The molecular formula is C24H24ClF3N2O2. The number of amides is 1. The molecule has 32 heavy (non-hydrogen) atoms. The molecule has 0 unspecified atom stereocenters. The van der Waals surface area contributed by atoms with Gasteiger partial charge in [0.05, 0.1) is 22.7 Å². The Morgan fingerprint density at radius 1 is 1.09 bits per heavy atom. The summed E-state index contributed by atoms with van der Waals surface area (Å²) in [5.74, 6) is -0.210. The third kappa shape index (κ3) is 6.14. The van der Waals surface area contributed by atoms with Crippen molar-refractivity contribution in [2.75, 3.05) is 20.3 Å². The Labute approximate surface area is 190 Å². The second-order valence-corrected chi connectivity index (χ2v) is 7.79. The van der Waals surface area contributed by atoms with Gasteiger partial charge in [-0.1, -0.05) is 35.9 Å². The third-order valence-electron chi connectivity index (χ3n) is 5.05. The van der Waals surface area contributed by atoms with Crippen LogP contribution in [-0.2, 0) is 24.0 Å². The molecule has 4 nitrogen and oxygen atoms in total. The number of carbonyl (C=O) groups excluding carboxylic acids is 1. The molecule has 0 saturated carbocycles. The highest BCUT2D eigenvalue weighted by Crippen LogP contribution is 2.30. The number of aromatic nitrogens is 1. The van der Waals surface area contributed by atoms with Crippen LogP contribution >= 0.6 is 11.6 Å². The minimum atomic E-state index is -4.39. The average molecular weight is 465 g/mol. The largest absolute Gasteiger partial charge is 0.416 e. The number of nitrogens with zero attached hydrogens (tertiary/aromatic N) is 2. The molecule has 2 aromatic carbocycles. The normalized spacial score (nSPS) is 11.5. The summed E-state index contributed by atoms with van der Waals surface area (Å²) < 4.78 is 46.1. The molecule has 0 bridgehead atoms. The minimum absolute atomic E-state index is 0.210. The van der Waals surface area contributed by atoms with Crippen LogP contribution < -0.4 is 0 Å². The summed E-state index contributed by atoms with van der Waals surface area (Å²) in [4.78, 5) is 14.9. The third-order valence-corrected chi connectivity index (χ3v) is 5.38. The first-order valence-electron chi connectivity index (χ1n) is 10.1. The van der Waals surface area contributed by atoms with Crippen molar-refractivity contribution in [1.29, 1.82) is 0 Å². The van der Waals surface area contributed by atoms with Gasteiger partial charge in [-0.25, -0.2) is 0 Å². The Balaban J connectivity index is 1.81. The number of hydrogen-bond donors (Lipinski definition) is 0. The van der Waals surface area contributed by atoms with E-state index in [0.717, 1.165) is 17.8 Å². The molecule has 0 spiro atoms. The van der Waals surface area contributed by atoms with Crippen molar-refractivity contribution in [3.8, 4) is 0 Å². The number of carbonyl (C=O) groups is 1. The molecule has 3 aromatic rings. The maximum Gasteiger partial charge on any atom is 0.416 e. The lowest BCUT2D eigenvalue weighted by atomic mass is 10.1. The SMILES string of the molecule is COCCCN(Cc1cccn1Cc1cccc(C(F)(F)F)c1)C(=O)c1ccccc1Cl. The lowest BCUT2D eigenvalue weighted by Gasteiger charge is -2.24. The van der Waals surface area contributed by atoms with Crippen molar-refractivity contribution in [3.63, 3.8) is 0 Å². The van der Waals surface area contributed by atoms with Crippen molar-refractivity contribution in [1.82, 2.24) is 9.47 Å². The fourth-order valence-electron chi connectivity index (χ4n) is 3.44. The number of benzene rings is 2. The molecule has 0 radical (unpaired) electrons. The van der Waals surface area contributed by atoms with Gasteiger partial charge in [-0.3, -0.25) is 4.79 Å². The number of halogens is 4. The fourth-order valence-corrected chi connectivity index (χ4v) is 3.66. The van der Waals surface area contributed by atoms with Crippen LogP contribution in [0.2, 0.25) is 5.02 Å². The van der Waals surface area contributed by atoms with Gasteiger partial charge >= 0.3 is 6.18 Å². The summed E-state index contributed by atoms with van der Waals surface area (Å²) >= 11 is 6.23. The number of methoxy groups -OCH3 is 1. The van der Waals surface area contributed by atoms with E-state index in [1.807, 2.05) is 16.7 Å². The van der Waals surface area contributed by atoms with E-state index in [2.05, 4.69) is 0 Å². The number of alkyl halides is 3. The molecule has 0 saturated heterocycles. The second-order valence-electron chi connectivity index (χ2n) is 7.38. The Morgan fingerprint density at radius 3 is 2.59 bits per heavy atom. The molecule has 0 atom stereocenters. The summed E-state index contributed by atoms with van der Waals surface area (Å²) in [6.07, 6.45) is -1.96. The molecule has 0 fully saturated rings. The van der Waals surface area contributed by atoms with Gasteiger partial charge in [-0.05, 0) is 48.4 Å². The molecule has 1 aromatic heterocycles. The number of rotatable bonds is 9. The van der Waals surface area contributed by atoms with Crippen LogP contribution in [0.3, 0.4) is 0 Å². The second kappa shape index (κ2) is 10.7. The van der Waals surface area contributed by atoms with Crippen molar-refractivity contribution < 1.29 is 22.7 Å². The highest BCUT2D eigenvalue weighted by atomic mass is 35.5. The summed E-state index contributed by atoms with van der Waals surface area (Å²) in [7, 11) is 1.60. The standard InChI is InChI=1S/C24H24ClF3N2O2/c1-32-14-6-13-30(23(31)21-10-2-3-11-22(21)25)17-20-9-5-12-29(20)16-18-7-4-8-19(15-18)24(26,27)28/h2-5,7-12,15H,6,13-14,16-17H2,1H3. The summed E-state index contributed by atoms with van der Waals surface area (Å²) in [6.45, 7) is 1.50. The van der Waals surface area contributed by atoms with E-state index in [1.165, 1.54) is 6.07 Å².